The van der Waals surface area contributed by atoms with Crippen molar-refractivity contribution < 1.29 is 14.2 Å². The molecule has 1 aliphatic rings. The summed E-state index contributed by atoms with van der Waals surface area (Å²) in [6.07, 6.45) is 4.13. The minimum absolute atomic E-state index is 0. The van der Waals surface area contributed by atoms with Crippen LogP contribution in [0.25, 0.3) is 0 Å². The number of halogens is 1. The van der Waals surface area contributed by atoms with Crippen LogP contribution < -0.4 is 20.1 Å². The molecule has 7 heteroatoms. The molecule has 0 saturated carbocycles. The van der Waals surface area contributed by atoms with E-state index in [1.165, 1.54) is 5.57 Å². The van der Waals surface area contributed by atoms with Crippen molar-refractivity contribution in [2.75, 3.05) is 45.8 Å². The number of benzene rings is 1. The van der Waals surface area contributed by atoms with Gasteiger partial charge in [-0.3, -0.25) is 4.99 Å². The second-order valence-corrected chi connectivity index (χ2v) is 5.39. The van der Waals surface area contributed by atoms with Gasteiger partial charge in [0.05, 0.1) is 27.4 Å². The number of nitrogens with zero attached hydrogens (tertiary/aromatic N) is 1. The Balaban J connectivity index is 0.00000312. The maximum atomic E-state index is 5.33. The Morgan fingerprint density at radius 1 is 1.24 bits per heavy atom. The van der Waals surface area contributed by atoms with Crippen molar-refractivity contribution in [2.24, 2.45) is 4.99 Å². The topological polar surface area (TPSA) is 64.1 Å². The van der Waals surface area contributed by atoms with Crippen molar-refractivity contribution >= 4 is 35.6 Å². The van der Waals surface area contributed by atoms with Gasteiger partial charge in [-0.05, 0) is 31.9 Å². The molecule has 0 amide bonds. The zero-order valence-electron chi connectivity index (χ0n) is 15.1. The molecule has 0 unspecified atom stereocenters. The summed E-state index contributed by atoms with van der Waals surface area (Å²) in [5.41, 5.74) is 2.32. The SMILES string of the molecule is CCNC(=NCCC1=CCOCC1)Nc1ccc(OC)c(OC)c1.I. The molecule has 0 saturated heterocycles. The minimum atomic E-state index is 0. The molecule has 1 aromatic carbocycles. The number of rotatable bonds is 7. The molecule has 1 aliphatic heterocycles. The van der Waals surface area contributed by atoms with Crippen LogP contribution >= 0.6 is 24.0 Å². The van der Waals surface area contributed by atoms with Crippen molar-refractivity contribution in [2.45, 2.75) is 19.8 Å². The summed E-state index contributed by atoms with van der Waals surface area (Å²) in [5.74, 6) is 2.15. The van der Waals surface area contributed by atoms with Crippen LogP contribution in [-0.2, 0) is 4.74 Å². The van der Waals surface area contributed by atoms with Crippen LogP contribution in [0.1, 0.15) is 19.8 Å². The number of hydrogen-bond acceptors (Lipinski definition) is 4. The third-order valence-corrected chi connectivity index (χ3v) is 3.75. The molecule has 0 spiro atoms. The van der Waals surface area contributed by atoms with Crippen LogP contribution in [0, 0.1) is 0 Å². The first-order valence-corrected chi connectivity index (χ1v) is 8.29. The Kier molecular flexibility index (Phi) is 10.3. The molecular weight excluding hydrogens is 433 g/mol. The quantitative estimate of drug-likeness (QED) is 0.282. The summed E-state index contributed by atoms with van der Waals surface area (Å²) < 4.78 is 15.9. The maximum Gasteiger partial charge on any atom is 0.195 e. The molecule has 0 atom stereocenters. The van der Waals surface area contributed by atoms with Crippen LogP contribution in [0.15, 0.2) is 34.8 Å². The van der Waals surface area contributed by atoms with Crippen LogP contribution in [-0.4, -0.2) is 46.5 Å². The maximum absolute atomic E-state index is 5.33. The number of guanidine groups is 1. The van der Waals surface area contributed by atoms with Crippen molar-refractivity contribution in [1.29, 1.82) is 0 Å². The Hall–Kier alpha value is -1.48. The van der Waals surface area contributed by atoms with E-state index in [1.54, 1.807) is 14.2 Å². The van der Waals surface area contributed by atoms with Crippen LogP contribution in [0.3, 0.4) is 0 Å². The molecule has 6 nitrogen and oxygen atoms in total. The highest BCUT2D eigenvalue weighted by Crippen LogP contribution is 2.29. The Morgan fingerprint density at radius 3 is 2.68 bits per heavy atom. The fourth-order valence-corrected chi connectivity index (χ4v) is 2.46. The van der Waals surface area contributed by atoms with Crippen LogP contribution in [0.2, 0.25) is 0 Å². The molecule has 2 N–H and O–H groups in total. The largest absolute Gasteiger partial charge is 0.493 e. The first kappa shape index (κ1) is 21.6. The standard InChI is InChI=1S/C18H27N3O3.HI/c1-4-19-18(20-10-7-14-8-11-24-12-9-14)21-15-5-6-16(22-2)17(13-15)23-3;/h5-6,8,13H,4,7,9-12H2,1-3H3,(H2,19,20,21);1H. The Labute approximate surface area is 167 Å². The van der Waals surface area contributed by atoms with Crippen molar-refractivity contribution in [1.82, 2.24) is 5.32 Å². The fraction of sp³-hybridized carbons (Fsp3) is 0.500. The molecule has 140 valence electrons. The van der Waals surface area contributed by atoms with E-state index in [0.29, 0.717) is 11.5 Å². The Morgan fingerprint density at radius 2 is 2.04 bits per heavy atom. The molecule has 25 heavy (non-hydrogen) atoms. The normalized spacial score (nSPS) is 14.2. The summed E-state index contributed by atoms with van der Waals surface area (Å²) in [7, 11) is 3.25. The minimum Gasteiger partial charge on any atom is -0.493 e. The van der Waals surface area contributed by atoms with Gasteiger partial charge in [0.1, 0.15) is 0 Å². The fourth-order valence-electron chi connectivity index (χ4n) is 2.46. The highest BCUT2D eigenvalue weighted by atomic mass is 127. The first-order chi connectivity index (χ1) is 11.8. The van der Waals surface area contributed by atoms with E-state index in [4.69, 9.17) is 14.2 Å². The van der Waals surface area contributed by atoms with Gasteiger partial charge in [-0.1, -0.05) is 11.6 Å². The van der Waals surface area contributed by atoms with E-state index in [2.05, 4.69) is 21.7 Å². The lowest BCUT2D eigenvalue weighted by molar-refractivity contribution is 0.153. The van der Waals surface area contributed by atoms with Crippen LogP contribution in [0.4, 0.5) is 5.69 Å². The van der Waals surface area contributed by atoms with Crippen molar-refractivity contribution in [3.8, 4) is 11.5 Å². The van der Waals surface area contributed by atoms with E-state index in [0.717, 1.165) is 50.8 Å². The number of hydrogen-bond donors (Lipinski definition) is 2. The average Bonchev–Trinajstić information content (AvgIpc) is 2.62. The second-order valence-electron chi connectivity index (χ2n) is 5.39. The highest BCUT2D eigenvalue weighted by molar-refractivity contribution is 14.0. The van der Waals surface area contributed by atoms with Gasteiger partial charge in [0.25, 0.3) is 0 Å². The average molecular weight is 461 g/mol. The van der Waals surface area contributed by atoms with E-state index < -0.39 is 0 Å². The molecule has 0 aromatic heterocycles. The summed E-state index contributed by atoms with van der Waals surface area (Å²) in [5, 5.41) is 6.56. The summed E-state index contributed by atoms with van der Waals surface area (Å²) >= 11 is 0. The summed E-state index contributed by atoms with van der Waals surface area (Å²) in [6, 6.07) is 5.71. The lowest BCUT2D eigenvalue weighted by atomic mass is 10.1. The number of methoxy groups -OCH3 is 2. The van der Waals surface area contributed by atoms with Gasteiger partial charge in [-0.2, -0.15) is 0 Å². The van der Waals surface area contributed by atoms with Gasteiger partial charge in [0.2, 0.25) is 0 Å². The van der Waals surface area contributed by atoms with E-state index in [-0.39, 0.29) is 24.0 Å². The lowest BCUT2D eigenvalue weighted by Crippen LogP contribution is -2.30. The predicted molar refractivity (Wildman–Crippen MR) is 113 cm³/mol. The third-order valence-electron chi connectivity index (χ3n) is 3.75. The highest BCUT2D eigenvalue weighted by Gasteiger charge is 2.07. The zero-order chi connectivity index (χ0) is 17.2. The first-order valence-electron chi connectivity index (χ1n) is 8.29. The third kappa shape index (κ3) is 7.11. The number of ether oxygens (including phenoxy) is 3. The smallest absolute Gasteiger partial charge is 0.195 e. The van der Waals surface area contributed by atoms with Gasteiger partial charge in [-0.15, -0.1) is 24.0 Å². The monoisotopic (exact) mass is 461 g/mol. The van der Waals surface area contributed by atoms with Gasteiger partial charge in [0, 0.05) is 24.8 Å². The van der Waals surface area contributed by atoms with E-state index in [1.807, 2.05) is 25.1 Å². The lowest BCUT2D eigenvalue weighted by Gasteiger charge is -2.15. The zero-order valence-corrected chi connectivity index (χ0v) is 17.5. The molecule has 2 rings (SSSR count). The molecule has 0 radical (unpaired) electrons. The van der Waals surface area contributed by atoms with Crippen molar-refractivity contribution in [3.63, 3.8) is 0 Å². The predicted octanol–water partition coefficient (Wildman–Crippen LogP) is 3.44. The van der Waals surface area contributed by atoms with Crippen LogP contribution in [0.5, 0.6) is 11.5 Å². The van der Waals surface area contributed by atoms with Gasteiger partial charge >= 0.3 is 0 Å². The molecular formula is C18H28IN3O3. The molecule has 0 bridgehead atoms. The molecule has 0 fully saturated rings. The molecule has 1 heterocycles. The summed E-state index contributed by atoms with van der Waals surface area (Å²) in [6.45, 7) is 5.14. The van der Waals surface area contributed by atoms with Gasteiger partial charge in [0.15, 0.2) is 17.5 Å². The summed E-state index contributed by atoms with van der Waals surface area (Å²) in [4.78, 5) is 4.64. The molecule has 0 aliphatic carbocycles. The van der Waals surface area contributed by atoms with Gasteiger partial charge < -0.3 is 24.8 Å². The number of nitrogens with one attached hydrogen (secondary N) is 2. The van der Waals surface area contributed by atoms with Gasteiger partial charge in [-0.25, -0.2) is 0 Å². The second kappa shape index (κ2) is 12.0. The Bertz CT molecular complexity index is 591. The van der Waals surface area contributed by atoms with Crippen molar-refractivity contribution in [3.05, 3.63) is 29.8 Å². The molecule has 1 aromatic rings. The number of aliphatic imine (C=N–C) groups is 1. The van der Waals surface area contributed by atoms with E-state index in [9.17, 15) is 0 Å². The number of anilines is 1. The van der Waals surface area contributed by atoms with E-state index >= 15 is 0 Å².